The lowest BCUT2D eigenvalue weighted by Gasteiger charge is -1.99. The first kappa shape index (κ1) is 13.6. The van der Waals surface area contributed by atoms with Crippen LogP contribution in [-0.4, -0.2) is 11.1 Å². The monoisotopic (exact) mass is 258 g/mol. The highest BCUT2D eigenvalue weighted by Gasteiger charge is 1.99. The summed E-state index contributed by atoms with van der Waals surface area (Å²) in [5.74, 6) is 0.327. The first-order valence-corrected chi connectivity index (χ1v) is 6.05. The fraction of sp³-hybridized carbons (Fsp3) is 0.583. The largest absolute Gasteiger partial charge is 0.299 e. The molecule has 0 saturated carbocycles. The van der Waals surface area contributed by atoms with Gasteiger partial charge in [-0.25, -0.2) is 0 Å². The molecule has 0 N–H and O–H groups in total. The molecule has 0 fully saturated rings. The molecule has 0 heterocycles. The molecule has 0 aromatic rings. The van der Waals surface area contributed by atoms with Crippen molar-refractivity contribution in [2.75, 3.05) is 5.33 Å². The van der Waals surface area contributed by atoms with Crippen LogP contribution in [0, 0.1) is 0 Å². The summed E-state index contributed by atoms with van der Waals surface area (Å²) in [7, 11) is 0. The average Bonchev–Trinajstić information content (AvgIpc) is 2.12. The van der Waals surface area contributed by atoms with E-state index >= 15 is 0 Å². The molecule has 0 unspecified atom stereocenters. The standard InChI is InChI=1S/C12H19BrO/c1-10(2)4-6-12(14)7-5-11(3)8-9-13/h4,8H,5-7,9H2,1-3H3. The molecule has 0 amide bonds. The van der Waals surface area contributed by atoms with Crippen LogP contribution in [0.4, 0.5) is 0 Å². The molecule has 0 aliphatic carbocycles. The van der Waals surface area contributed by atoms with Crippen molar-refractivity contribution in [1.82, 2.24) is 0 Å². The maximum atomic E-state index is 11.4. The maximum Gasteiger partial charge on any atom is 0.136 e. The minimum Gasteiger partial charge on any atom is -0.299 e. The summed E-state index contributed by atoms with van der Waals surface area (Å²) in [5, 5.41) is 0.876. The van der Waals surface area contributed by atoms with E-state index in [4.69, 9.17) is 0 Å². The Hall–Kier alpha value is -0.370. The molecule has 0 aromatic heterocycles. The molecular weight excluding hydrogens is 240 g/mol. The average molecular weight is 259 g/mol. The second kappa shape index (κ2) is 7.98. The van der Waals surface area contributed by atoms with Crippen LogP contribution in [0.2, 0.25) is 0 Å². The van der Waals surface area contributed by atoms with Gasteiger partial charge in [-0.3, -0.25) is 4.79 Å². The summed E-state index contributed by atoms with van der Waals surface area (Å²) in [4.78, 5) is 11.4. The Morgan fingerprint density at radius 1 is 1.14 bits per heavy atom. The number of hydrogen-bond acceptors (Lipinski definition) is 1. The highest BCUT2D eigenvalue weighted by atomic mass is 79.9. The van der Waals surface area contributed by atoms with Crippen molar-refractivity contribution < 1.29 is 4.79 Å². The molecule has 0 atom stereocenters. The molecule has 14 heavy (non-hydrogen) atoms. The zero-order chi connectivity index (χ0) is 11.0. The van der Waals surface area contributed by atoms with Crippen LogP contribution in [0.15, 0.2) is 23.3 Å². The van der Waals surface area contributed by atoms with Gasteiger partial charge in [-0.1, -0.05) is 39.2 Å². The summed E-state index contributed by atoms with van der Waals surface area (Å²) in [6.07, 6.45) is 6.24. The lowest BCUT2D eigenvalue weighted by atomic mass is 10.1. The fourth-order valence-electron chi connectivity index (χ4n) is 0.990. The number of carbonyl (C=O) groups excluding carboxylic acids is 1. The summed E-state index contributed by atoms with van der Waals surface area (Å²) in [6.45, 7) is 6.10. The van der Waals surface area contributed by atoms with E-state index in [1.807, 2.05) is 19.9 Å². The highest BCUT2D eigenvalue weighted by Crippen LogP contribution is 2.07. The van der Waals surface area contributed by atoms with Crippen LogP contribution in [0.3, 0.4) is 0 Å². The molecule has 80 valence electrons. The SMILES string of the molecule is CC(C)=CCC(=O)CCC(C)=CCBr. The summed E-state index contributed by atoms with van der Waals surface area (Å²) in [6, 6.07) is 0. The van der Waals surface area contributed by atoms with E-state index in [1.54, 1.807) is 0 Å². The van der Waals surface area contributed by atoms with Crippen molar-refractivity contribution in [2.24, 2.45) is 0 Å². The van der Waals surface area contributed by atoms with E-state index in [9.17, 15) is 4.79 Å². The van der Waals surface area contributed by atoms with E-state index in [1.165, 1.54) is 11.1 Å². The predicted molar refractivity (Wildman–Crippen MR) is 65.8 cm³/mol. The van der Waals surface area contributed by atoms with Crippen LogP contribution in [0.25, 0.3) is 0 Å². The van der Waals surface area contributed by atoms with Crippen LogP contribution in [0.5, 0.6) is 0 Å². The summed E-state index contributed by atoms with van der Waals surface area (Å²) < 4.78 is 0. The third-order valence-corrected chi connectivity index (χ3v) is 2.29. The first-order chi connectivity index (χ1) is 6.56. The topological polar surface area (TPSA) is 17.1 Å². The van der Waals surface area contributed by atoms with Gasteiger partial charge >= 0.3 is 0 Å². The van der Waals surface area contributed by atoms with E-state index in [0.29, 0.717) is 18.6 Å². The van der Waals surface area contributed by atoms with Gasteiger partial charge in [0.2, 0.25) is 0 Å². The molecule has 0 aliphatic heterocycles. The quantitative estimate of drug-likeness (QED) is 0.520. The number of rotatable bonds is 6. The second-order valence-electron chi connectivity index (χ2n) is 3.73. The van der Waals surface area contributed by atoms with Crippen molar-refractivity contribution >= 4 is 21.7 Å². The van der Waals surface area contributed by atoms with Gasteiger partial charge in [0.25, 0.3) is 0 Å². The number of hydrogen-bond donors (Lipinski definition) is 0. The van der Waals surface area contributed by atoms with Gasteiger partial charge in [0.05, 0.1) is 0 Å². The Balaban J connectivity index is 3.75. The molecule has 0 rings (SSSR count). The Bertz CT molecular complexity index is 235. The van der Waals surface area contributed by atoms with Gasteiger partial charge in [-0.2, -0.15) is 0 Å². The predicted octanol–water partition coefficient (Wildman–Crippen LogP) is 4.03. The van der Waals surface area contributed by atoms with Gasteiger partial charge in [-0.15, -0.1) is 0 Å². The Labute approximate surface area is 95.4 Å². The lowest BCUT2D eigenvalue weighted by molar-refractivity contribution is -0.118. The number of carbonyl (C=O) groups is 1. The maximum absolute atomic E-state index is 11.4. The lowest BCUT2D eigenvalue weighted by Crippen LogP contribution is -1.96. The van der Waals surface area contributed by atoms with Crippen molar-refractivity contribution in [2.45, 2.75) is 40.0 Å². The smallest absolute Gasteiger partial charge is 0.136 e. The molecule has 0 spiro atoms. The molecule has 0 aliphatic rings. The number of alkyl halides is 1. The van der Waals surface area contributed by atoms with E-state index in [0.717, 1.165) is 11.8 Å². The number of allylic oxidation sites excluding steroid dienone is 4. The van der Waals surface area contributed by atoms with E-state index < -0.39 is 0 Å². The van der Waals surface area contributed by atoms with Gasteiger partial charge in [0.15, 0.2) is 0 Å². The zero-order valence-electron chi connectivity index (χ0n) is 9.27. The Morgan fingerprint density at radius 3 is 2.29 bits per heavy atom. The third-order valence-electron chi connectivity index (χ3n) is 1.96. The van der Waals surface area contributed by atoms with E-state index in [-0.39, 0.29) is 0 Å². The normalized spacial score (nSPS) is 11.3. The zero-order valence-corrected chi connectivity index (χ0v) is 10.9. The number of ketones is 1. The van der Waals surface area contributed by atoms with Crippen molar-refractivity contribution in [3.8, 4) is 0 Å². The summed E-state index contributed by atoms with van der Waals surface area (Å²) in [5.41, 5.74) is 2.50. The molecule has 1 nitrogen and oxygen atoms in total. The van der Waals surface area contributed by atoms with Crippen LogP contribution in [-0.2, 0) is 4.79 Å². The van der Waals surface area contributed by atoms with Crippen LogP contribution < -0.4 is 0 Å². The molecule has 2 heteroatoms. The van der Waals surface area contributed by atoms with Gasteiger partial charge in [-0.05, 0) is 27.2 Å². The number of halogens is 1. The molecule has 0 radical (unpaired) electrons. The van der Waals surface area contributed by atoms with E-state index in [2.05, 4.69) is 28.9 Å². The van der Waals surface area contributed by atoms with Crippen LogP contribution >= 0.6 is 15.9 Å². The van der Waals surface area contributed by atoms with Crippen molar-refractivity contribution in [3.63, 3.8) is 0 Å². The molecule has 0 saturated heterocycles. The fourth-order valence-corrected chi connectivity index (χ4v) is 1.54. The highest BCUT2D eigenvalue weighted by molar-refractivity contribution is 9.09. The van der Waals surface area contributed by atoms with Gasteiger partial charge in [0.1, 0.15) is 5.78 Å². The second-order valence-corrected chi connectivity index (χ2v) is 4.38. The number of Topliss-reactive ketones (excluding diaryl/α,β-unsaturated/α-hetero) is 1. The molecule has 0 aromatic carbocycles. The summed E-state index contributed by atoms with van der Waals surface area (Å²) >= 11 is 3.34. The van der Waals surface area contributed by atoms with Crippen molar-refractivity contribution in [3.05, 3.63) is 23.3 Å². The molecular formula is C12H19BrO. The minimum atomic E-state index is 0.327. The van der Waals surface area contributed by atoms with Crippen molar-refractivity contribution in [1.29, 1.82) is 0 Å². The molecule has 0 bridgehead atoms. The Morgan fingerprint density at radius 2 is 1.79 bits per heavy atom. The van der Waals surface area contributed by atoms with Gasteiger partial charge in [0, 0.05) is 18.2 Å². The Kier molecular flexibility index (Phi) is 7.77. The minimum absolute atomic E-state index is 0.327. The van der Waals surface area contributed by atoms with Crippen LogP contribution in [0.1, 0.15) is 40.0 Å². The third kappa shape index (κ3) is 8.24. The van der Waals surface area contributed by atoms with Gasteiger partial charge < -0.3 is 0 Å². The first-order valence-electron chi connectivity index (χ1n) is 4.93.